The van der Waals surface area contributed by atoms with Crippen LogP contribution in [0.2, 0.25) is 0 Å². The maximum Gasteiger partial charge on any atom is 0.111 e. The van der Waals surface area contributed by atoms with Crippen molar-refractivity contribution in [1.29, 1.82) is 0 Å². The van der Waals surface area contributed by atoms with Crippen molar-refractivity contribution in [3.8, 4) is 0 Å². The molecule has 1 fully saturated rings. The van der Waals surface area contributed by atoms with Crippen LogP contribution in [0.5, 0.6) is 0 Å². The molecular formula is C7H15N3. The molecule has 0 saturated carbocycles. The average molecular weight is 141 g/mol. The molecule has 0 aliphatic carbocycles. The van der Waals surface area contributed by atoms with Crippen LogP contribution in [0.1, 0.15) is 12.8 Å². The Hall–Kier alpha value is -0.570. The fraction of sp³-hybridized carbons (Fsp3) is 0.857. The van der Waals surface area contributed by atoms with E-state index >= 15 is 0 Å². The molecule has 0 radical (unpaired) electrons. The number of aliphatic imine (C=N–C) groups is 1. The summed E-state index contributed by atoms with van der Waals surface area (Å²) in [5.74, 6) is 0.778. The van der Waals surface area contributed by atoms with Crippen LogP contribution >= 0.6 is 0 Å². The highest BCUT2D eigenvalue weighted by Crippen LogP contribution is 2.13. The summed E-state index contributed by atoms with van der Waals surface area (Å²) < 4.78 is 0. The number of amidine groups is 1. The van der Waals surface area contributed by atoms with E-state index in [9.17, 15) is 0 Å². The van der Waals surface area contributed by atoms with E-state index in [1.54, 1.807) is 7.05 Å². The zero-order valence-electron chi connectivity index (χ0n) is 6.67. The second-order valence-electron chi connectivity index (χ2n) is 2.79. The van der Waals surface area contributed by atoms with E-state index in [1.807, 2.05) is 0 Å². The van der Waals surface area contributed by atoms with E-state index in [4.69, 9.17) is 5.73 Å². The van der Waals surface area contributed by atoms with Gasteiger partial charge in [0.1, 0.15) is 5.84 Å². The molecule has 0 aromatic heterocycles. The first kappa shape index (κ1) is 7.54. The molecule has 1 atom stereocenters. The van der Waals surface area contributed by atoms with Crippen LogP contribution in [-0.4, -0.2) is 37.4 Å². The normalized spacial score (nSPS) is 29.4. The lowest BCUT2D eigenvalue weighted by atomic mass is 10.2. The molecule has 0 amide bonds. The minimum atomic E-state index is 0.407. The zero-order chi connectivity index (χ0) is 7.56. The third kappa shape index (κ3) is 1.29. The fourth-order valence-electron chi connectivity index (χ4n) is 1.43. The Morgan fingerprint density at radius 3 is 2.80 bits per heavy atom. The smallest absolute Gasteiger partial charge is 0.111 e. The molecule has 1 unspecified atom stereocenters. The number of likely N-dealkylation sites (tertiary alicyclic amines) is 1. The average Bonchev–Trinajstić information content (AvgIpc) is 2.34. The summed E-state index contributed by atoms with van der Waals surface area (Å²) in [6.07, 6.45) is 2.41. The summed E-state index contributed by atoms with van der Waals surface area (Å²) in [4.78, 5) is 6.23. The van der Waals surface area contributed by atoms with Crippen LogP contribution in [0.4, 0.5) is 0 Å². The largest absolute Gasteiger partial charge is 0.386 e. The van der Waals surface area contributed by atoms with Crippen molar-refractivity contribution >= 4 is 5.84 Å². The van der Waals surface area contributed by atoms with Gasteiger partial charge in [0.15, 0.2) is 0 Å². The Morgan fingerprint density at radius 2 is 2.40 bits per heavy atom. The number of likely N-dealkylation sites (N-methyl/N-ethyl adjacent to an activating group) is 1. The first-order chi connectivity index (χ1) is 4.75. The van der Waals surface area contributed by atoms with E-state index in [2.05, 4.69) is 16.9 Å². The van der Waals surface area contributed by atoms with Crippen molar-refractivity contribution in [2.24, 2.45) is 10.7 Å². The molecule has 1 aliphatic heterocycles. The van der Waals surface area contributed by atoms with Gasteiger partial charge in [0, 0.05) is 7.05 Å². The van der Waals surface area contributed by atoms with Gasteiger partial charge < -0.3 is 5.73 Å². The fourth-order valence-corrected chi connectivity index (χ4v) is 1.43. The number of hydrogen-bond donors (Lipinski definition) is 1. The second kappa shape index (κ2) is 3.01. The topological polar surface area (TPSA) is 41.6 Å². The molecule has 58 valence electrons. The van der Waals surface area contributed by atoms with Crippen LogP contribution in [0.15, 0.2) is 4.99 Å². The predicted molar refractivity (Wildman–Crippen MR) is 43.2 cm³/mol. The van der Waals surface area contributed by atoms with Crippen molar-refractivity contribution in [2.75, 3.05) is 20.6 Å². The van der Waals surface area contributed by atoms with Crippen molar-refractivity contribution in [2.45, 2.75) is 18.9 Å². The van der Waals surface area contributed by atoms with E-state index < -0.39 is 0 Å². The van der Waals surface area contributed by atoms with Crippen molar-refractivity contribution in [3.05, 3.63) is 0 Å². The Kier molecular flexibility index (Phi) is 2.27. The first-order valence-electron chi connectivity index (χ1n) is 3.68. The molecule has 0 aromatic rings. The van der Waals surface area contributed by atoms with Crippen molar-refractivity contribution in [3.63, 3.8) is 0 Å². The lowest BCUT2D eigenvalue weighted by Gasteiger charge is -2.17. The van der Waals surface area contributed by atoms with Gasteiger partial charge in [-0.2, -0.15) is 0 Å². The van der Waals surface area contributed by atoms with Gasteiger partial charge in [0.25, 0.3) is 0 Å². The highest BCUT2D eigenvalue weighted by atomic mass is 15.2. The molecular weight excluding hydrogens is 126 g/mol. The van der Waals surface area contributed by atoms with Gasteiger partial charge in [-0.05, 0) is 26.4 Å². The summed E-state index contributed by atoms with van der Waals surface area (Å²) >= 11 is 0. The molecule has 10 heavy (non-hydrogen) atoms. The van der Waals surface area contributed by atoms with E-state index in [0.29, 0.717) is 6.04 Å². The third-order valence-electron chi connectivity index (χ3n) is 2.12. The molecule has 2 N–H and O–H groups in total. The Bertz CT molecular complexity index is 142. The third-order valence-corrected chi connectivity index (χ3v) is 2.12. The Balaban J connectivity index is 2.55. The molecule has 1 aliphatic rings. The van der Waals surface area contributed by atoms with Gasteiger partial charge in [-0.25, -0.2) is 0 Å². The lowest BCUT2D eigenvalue weighted by molar-refractivity contribution is 0.371. The first-order valence-corrected chi connectivity index (χ1v) is 3.68. The minimum Gasteiger partial charge on any atom is -0.386 e. The molecule has 3 heteroatoms. The minimum absolute atomic E-state index is 0.407. The number of hydrogen-bond acceptors (Lipinski definition) is 2. The summed E-state index contributed by atoms with van der Waals surface area (Å²) in [7, 11) is 3.84. The second-order valence-corrected chi connectivity index (χ2v) is 2.79. The maximum absolute atomic E-state index is 5.68. The molecule has 1 saturated heterocycles. The molecule has 3 nitrogen and oxygen atoms in total. The van der Waals surface area contributed by atoms with Gasteiger partial charge in [0.2, 0.25) is 0 Å². The highest BCUT2D eigenvalue weighted by molar-refractivity contribution is 5.85. The van der Waals surface area contributed by atoms with Crippen molar-refractivity contribution < 1.29 is 0 Å². The van der Waals surface area contributed by atoms with Gasteiger partial charge in [-0.3, -0.25) is 9.89 Å². The summed E-state index contributed by atoms with van der Waals surface area (Å²) in [6.45, 7) is 1.15. The van der Waals surface area contributed by atoms with Crippen molar-refractivity contribution in [1.82, 2.24) is 4.90 Å². The van der Waals surface area contributed by atoms with E-state index in [0.717, 1.165) is 12.4 Å². The van der Waals surface area contributed by atoms with Crippen LogP contribution in [0, 0.1) is 0 Å². The predicted octanol–water partition coefficient (Wildman–Crippen LogP) is 0.0676. The summed E-state index contributed by atoms with van der Waals surface area (Å²) in [5.41, 5.74) is 5.68. The van der Waals surface area contributed by atoms with Crippen LogP contribution < -0.4 is 5.73 Å². The number of nitrogens with two attached hydrogens (primary N) is 1. The molecule has 1 heterocycles. The van der Waals surface area contributed by atoms with Crippen LogP contribution in [-0.2, 0) is 0 Å². The summed E-state index contributed by atoms with van der Waals surface area (Å²) in [6, 6.07) is 0.407. The molecule has 1 rings (SSSR count). The Labute approximate surface area is 61.9 Å². The molecule has 0 spiro atoms. The highest BCUT2D eigenvalue weighted by Gasteiger charge is 2.23. The monoisotopic (exact) mass is 141 g/mol. The van der Waals surface area contributed by atoms with Gasteiger partial charge >= 0.3 is 0 Å². The SMILES string of the molecule is C/N=C(\N)C1CCCN1C. The lowest BCUT2D eigenvalue weighted by Crippen LogP contribution is -2.37. The zero-order valence-corrected chi connectivity index (χ0v) is 6.67. The van der Waals surface area contributed by atoms with Gasteiger partial charge in [-0.15, -0.1) is 0 Å². The maximum atomic E-state index is 5.68. The van der Waals surface area contributed by atoms with E-state index in [1.165, 1.54) is 12.8 Å². The molecule has 0 bridgehead atoms. The van der Waals surface area contributed by atoms with Gasteiger partial charge in [0.05, 0.1) is 6.04 Å². The quantitative estimate of drug-likeness (QED) is 0.414. The summed E-state index contributed by atoms with van der Waals surface area (Å²) in [5, 5.41) is 0. The molecule has 0 aromatic carbocycles. The van der Waals surface area contributed by atoms with Crippen LogP contribution in [0.25, 0.3) is 0 Å². The van der Waals surface area contributed by atoms with Crippen LogP contribution in [0.3, 0.4) is 0 Å². The number of nitrogens with zero attached hydrogens (tertiary/aromatic N) is 2. The Morgan fingerprint density at radius 1 is 1.70 bits per heavy atom. The number of rotatable bonds is 1. The standard InChI is InChI=1S/C7H15N3/c1-9-7(8)6-4-3-5-10(6)2/h6H,3-5H2,1-2H3,(H2,8,9). The van der Waals surface area contributed by atoms with E-state index in [-0.39, 0.29) is 0 Å². The van der Waals surface area contributed by atoms with Gasteiger partial charge in [-0.1, -0.05) is 0 Å².